The average molecular weight is 98.5 g/mol. The van der Waals surface area contributed by atoms with E-state index in [0.717, 1.165) is 0 Å². The molecule has 0 amide bonds. The highest BCUT2D eigenvalue weighted by atomic mass is 35.5. The Morgan fingerprint density at radius 1 is 1.60 bits per heavy atom. The van der Waals surface area contributed by atoms with Crippen LogP contribution in [-0.4, -0.2) is 16.7 Å². The van der Waals surface area contributed by atoms with Crippen molar-refractivity contribution < 1.29 is 14.5 Å². The summed E-state index contributed by atoms with van der Waals surface area (Å²) < 4.78 is 3.33. The minimum absolute atomic E-state index is 1.85. The molecular weight excluding hydrogens is 95.5 g/mol. The van der Waals surface area contributed by atoms with Crippen molar-refractivity contribution in [2.24, 2.45) is 0 Å². The third kappa shape index (κ3) is 4.17. The summed E-state index contributed by atoms with van der Waals surface area (Å²) in [5.41, 5.74) is 0. The molecule has 32 valence electrons. The van der Waals surface area contributed by atoms with Gasteiger partial charge >= 0.3 is 0 Å². The first-order chi connectivity index (χ1) is 2.27. The second-order valence-corrected chi connectivity index (χ2v) is 0.594. The van der Waals surface area contributed by atoms with E-state index >= 15 is 0 Å². The molecular formula is CH3ClO3. The summed E-state index contributed by atoms with van der Waals surface area (Å²) >= 11 is 4.34. The Morgan fingerprint density at radius 2 is 1.80 bits per heavy atom. The maximum Gasteiger partial charge on any atom is 0.283 e. The van der Waals surface area contributed by atoms with Crippen LogP contribution in [0.2, 0.25) is 0 Å². The molecule has 0 atom stereocenters. The van der Waals surface area contributed by atoms with Crippen LogP contribution in [0.25, 0.3) is 0 Å². The molecule has 2 N–H and O–H groups in total. The van der Waals surface area contributed by atoms with Crippen molar-refractivity contribution >= 4 is 11.9 Å². The van der Waals surface area contributed by atoms with Crippen molar-refractivity contribution in [1.29, 1.82) is 0 Å². The van der Waals surface area contributed by atoms with Crippen LogP contribution < -0.4 is 0 Å². The lowest BCUT2D eigenvalue weighted by Gasteiger charge is -1.88. The highest BCUT2D eigenvalue weighted by Crippen LogP contribution is 1.80. The molecule has 0 unspecified atom stereocenters. The molecule has 0 spiro atoms. The number of aliphatic hydroxyl groups is 2. The van der Waals surface area contributed by atoms with Crippen LogP contribution in [0.3, 0.4) is 0 Å². The van der Waals surface area contributed by atoms with E-state index in [9.17, 15) is 0 Å². The second-order valence-electron chi connectivity index (χ2n) is 0.415. The minimum atomic E-state index is -1.85. The zero-order chi connectivity index (χ0) is 4.28. The summed E-state index contributed by atoms with van der Waals surface area (Å²) in [6.07, 6.45) is 0. The lowest BCUT2D eigenvalue weighted by molar-refractivity contribution is -0.176. The third-order valence-electron chi connectivity index (χ3n) is 0.0797. The van der Waals surface area contributed by atoms with E-state index in [-0.39, 0.29) is 0 Å². The molecule has 0 fully saturated rings. The first kappa shape index (κ1) is 5.17. The van der Waals surface area contributed by atoms with Gasteiger partial charge in [0.15, 0.2) is 0 Å². The highest BCUT2D eigenvalue weighted by molar-refractivity contribution is 6.07. The van der Waals surface area contributed by atoms with Crippen molar-refractivity contribution in [3.8, 4) is 0 Å². The molecule has 4 heteroatoms. The van der Waals surface area contributed by atoms with Gasteiger partial charge in [0.1, 0.15) is 0 Å². The summed E-state index contributed by atoms with van der Waals surface area (Å²) in [6.45, 7) is -1.85. The highest BCUT2D eigenvalue weighted by Gasteiger charge is 1.85. The first-order valence-electron chi connectivity index (χ1n) is 0.906. The van der Waals surface area contributed by atoms with Gasteiger partial charge in [0.25, 0.3) is 6.48 Å². The molecule has 0 aromatic heterocycles. The molecule has 0 heterocycles. The smallest absolute Gasteiger partial charge is 0.283 e. The van der Waals surface area contributed by atoms with Crippen LogP contribution in [-0.2, 0) is 4.29 Å². The Morgan fingerprint density at radius 3 is 1.80 bits per heavy atom. The van der Waals surface area contributed by atoms with Crippen LogP contribution >= 0.6 is 11.9 Å². The van der Waals surface area contributed by atoms with Crippen LogP contribution in [0.15, 0.2) is 0 Å². The van der Waals surface area contributed by atoms with Gasteiger partial charge in [0.2, 0.25) is 0 Å². The van der Waals surface area contributed by atoms with E-state index in [0.29, 0.717) is 0 Å². The number of hydrogen-bond acceptors (Lipinski definition) is 3. The van der Waals surface area contributed by atoms with E-state index in [1.807, 2.05) is 0 Å². The van der Waals surface area contributed by atoms with Crippen molar-refractivity contribution in [2.75, 3.05) is 0 Å². The van der Waals surface area contributed by atoms with E-state index in [1.165, 1.54) is 0 Å². The van der Waals surface area contributed by atoms with Crippen LogP contribution in [0, 0.1) is 0 Å². The second kappa shape index (κ2) is 2.41. The van der Waals surface area contributed by atoms with Gasteiger partial charge in [0, 0.05) is 0 Å². The summed E-state index contributed by atoms with van der Waals surface area (Å²) in [5.74, 6) is 0. The molecule has 0 saturated heterocycles. The third-order valence-corrected chi connectivity index (χ3v) is 0.239. The fraction of sp³-hybridized carbons (Fsp3) is 1.00. The number of aliphatic hydroxyl groups excluding tert-OH is 1. The quantitative estimate of drug-likeness (QED) is 0.432. The van der Waals surface area contributed by atoms with Gasteiger partial charge in [-0.3, -0.25) is 0 Å². The largest absolute Gasteiger partial charge is 0.345 e. The normalized spacial score (nSPS) is 9.60. The minimum Gasteiger partial charge on any atom is -0.345 e. The van der Waals surface area contributed by atoms with Gasteiger partial charge in [-0.1, -0.05) is 0 Å². The standard InChI is InChI=1S/CH3ClO3/c2-5-1(3)4/h1,3-4H. The molecule has 0 rings (SSSR count). The van der Waals surface area contributed by atoms with Gasteiger partial charge in [-0.15, -0.1) is 0 Å². The number of hydrogen-bond donors (Lipinski definition) is 2. The predicted molar refractivity (Wildman–Crippen MR) is 15.2 cm³/mol. The number of halogens is 1. The maximum atomic E-state index is 7.56. The van der Waals surface area contributed by atoms with Crippen LogP contribution in [0.5, 0.6) is 0 Å². The monoisotopic (exact) mass is 98.0 g/mol. The molecule has 0 saturated carbocycles. The fourth-order valence-electron chi connectivity index (χ4n) is 0. The van der Waals surface area contributed by atoms with Crippen molar-refractivity contribution in [3.05, 3.63) is 0 Å². The van der Waals surface area contributed by atoms with Crippen LogP contribution in [0.4, 0.5) is 0 Å². The summed E-state index contributed by atoms with van der Waals surface area (Å²) in [7, 11) is 0. The summed E-state index contributed by atoms with van der Waals surface area (Å²) in [4.78, 5) is 0. The SMILES string of the molecule is OC(O)OCl. The van der Waals surface area contributed by atoms with Crippen molar-refractivity contribution in [2.45, 2.75) is 6.48 Å². The van der Waals surface area contributed by atoms with Crippen LogP contribution in [0.1, 0.15) is 0 Å². The van der Waals surface area contributed by atoms with E-state index < -0.39 is 6.48 Å². The fourth-order valence-corrected chi connectivity index (χ4v) is 0. The van der Waals surface area contributed by atoms with Gasteiger partial charge in [0.05, 0.1) is 11.9 Å². The molecule has 0 bridgehead atoms. The van der Waals surface area contributed by atoms with E-state index in [1.54, 1.807) is 0 Å². The molecule has 0 aliphatic heterocycles. The number of rotatable bonds is 1. The zero-order valence-corrected chi connectivity index (χ0v) is 3.01. The Hall–Kier alpha value is 0.170. The van der Waals surface area contributed by atoms with Gasteiger partial charge < -0.3 is 10.2 Å². The summed E-state index contributed by atoms with van der Waals surface area (Å²) in [6, 6.07) is 0. The Kier molecular flexibility index (Phi) is 2.49. The summed E-state index contributed by atoms with van der Waals surface area (Å²) in [5, 5.41) is 15.1. The van der Waals surface area contributed by atoms with Gasteiger partial charge in [-0.25, -0.2) is 4.29 Å². The molecule has 0 radical (unpaired) electrons. The lowest BCUT2D eigenvalue weighted by Crippen LogP contribution is -2.01. The molecule has 5 heavy (non-hydrogen) atoms. The van der Waals surface area contributed by atoms with Gasteiger partial charge in [-0.2, -0.15) is 0 Å². The molecule has 0 aliphatic rings. The Bertz CT molecular complexity index is 20.9. The Labute approximate surface area is 33.9 Å². The lowest BCUT2D eigenvalue weighted by atomic mass is 11.4. The van der Waals surface area contributed by atoms with E-state index in [4.69, 9.17) is 10.2 Å². The molecule has 0 aliphatic carbocycles. The first-order valence-corrected chi connectivity index (χ1v) is 1.22. The average Bonchev–Trinajstić information content (AvgIpc) is 1.38. The maximum absolute atomic E-state index is 7.56. The van der Waals surface area contributed by atoms with E-state index in [2.05, 4.69) is 16.2 Å². The predicted octanol–water partition coefficient (Wildman–Crippen LogP) is -0.575. The van der Waals surface area contributed by atoms with Crippen molar-refractivity contribution in [3.63, 3.8) is 0 Å². The molecule has 3 nitrogen and oxygen atoms in total. The molecule has 0 aromatic carbocycles. The zero-order valence-electron chi connectivity index (χ0n) is 2.26. The topological polar surface area (TPSA) is 49.7 Å². The molecule has 0 aromatic rings. The van der Waals surface area contributed by atoms with Crippen molar-refractivity contribution in [1.82, 2.24) is 0 Å². The Balaban J connectivity index is 2.54. The van der Waals surface area contributed by atoms with Gasteiger partial charge in [-0.05, 0) is 0 Å².